The summed E-state index contributed by atoms with van der Waals surface area (Å²) in [6.07, 6.45) is 7.19. The van der Waals surface area contributed by atoms with Gasteiger partial charge in [0.2, 0.25) is 0 Å². The fourth-order valence-corrected chi connectivity index (χ4v) is 5.16. The smallest absolute Gasteiger partial charge is 0.341 e. The molecule has 0 aliphatic heterocycles. The maximum atomic E-state index is 13.2. The van der Waals surface area contributed by atoms with Crippen molar-refractivity contribution in [2.75, 3.05) is 13.6 Å². The van der Waals surface area contributed by atoms with Crippen LogP contribution in [0.3, 0.4) is 0 Å². The summed E-state index contributed by atoms with van der Waals surface area (Å²) in [5.41, 5.74) is 4.40. The molecule has 0 saturated heterocycles. The van der Waals surface area contributed by atoms with Gasteiger partial charge < -0.3 is 14.6 Å². The number of ether oxygens (including phenoxy) is 1. The summed E-state index contributed by atoms with van der Waals surface area (Å²) in [5, 5.41) is 1.84. The third-order valence-electron chi connectivity index (χ3n) is 6.90. The second kappa shape index (κ2) is 10.5. The lowest BCUT2D eigenvalue weighted by Gasteiger charge is -2.31. The van der Waals surface area contributed by atoms with E-state index in [1.807, 2.05) is 19.9 Å². The SMILES string of the molecule is Cc1[nH]c2ccc(CCN(C)C3CCCCC3)cc2c1C(=O)OC(C)c1ccc(Cl)c(Cl)c1. The number of nitrogens with zero attached hydrogens (tertiary/aromatic N) is 1. The molecule has 1 atom stereocenters. The lowest BCUT2D eigenvalue weighted by molar-refractivity contribution is 0.0339. The van der Waals surface area contributed by atoms with Gasteiger partial charge in [0.25, 0.3) is 0 Å². The normalized spacial score (nSPS) is 15.8. The molecule has 1 aliphatic carbocycles. The fourth-order valence-electron chi connectivity index (χ4n) is 4.85. The van der Waals surface area contributed by atoms with E-state index in [0.29, 0.717) is 21.7 Å². The van der Waals surface area contributed by atoms with Gasteiger partial charge in [-0.3, -0.25) is 0 Å². The molecule has 1 saturated carbocycles. The lowest BCUT2D eigenvalue weighted by Crippen LogP contribution is -2.34. The number of likely N-dealkylation sites (N-methyl/N-ethyl adjacent to an activating group) is 1. The van der Waals surface area contributed by atoms with Crippen molar-refractivity contribution in [3.63, 3.8) is 0 Å². The zero-order chi connectivity index (χ0) is 23.5. The Balaban J connectivity index is 1.49. The van der Waals surface area contributed by atoms with Crippen LogP contribution < -0.4 is 0 Å². The van der Waals surface area contributed by atoms with Crippen molar-refractivity contribution in [3.05, 3.63) is 68.8 Å². The third kappa shape index (κ3) is 5.56. The van der Waals surface area contributed by atoms with Crippen LogP contribution in [0.25, 0.3) is 10.9 Å². The number of rotatable bonds is 7. The molecule has 1 aliphatic rings. The van der Waals surface area contributed by atoms with Crippen LogP contribution in [0.2, 0.25) is 10.0 Å². The summed E-state index contributed by atoms with van der Waals surface area (Å²) in [6.45, 7) is 4.78. The van der Waals surface area contributed by atoms with Gasteiger partial charge in [-0.25, -0.2) is 4.79 Å². The summed E-state index contributed by atoms with van der Waals surface area (Å²) in [6, 6.07) is 12.3. The van der Waals surface area contributed by atoms with Crippen LogP contribution in [-0.4, -0.2) is 35.5 Å². The molecule has 4 nitrogen and oxygen atoms in total. The molecule has 3 aromatic rings. The minimum absolute atomic E-state index is 0.339. The molecule has 1 fully saturated rings. The highest BCUT2D eigenvalue weighted by molar-refractivity contribution is 6.42. The summed E-state index contributed by atoms with van der Waals surface area (Å²) in [5.74, 6) is -0.339. The number of esters is 1. The monoisotopic (exact) mass is 486 g/mol. The molecule has 6 heteroatoms. The first-order valence-corrected chi connectivity index (χ1v) is 12.6. The van der Waals surface area contributed by atoms with Gasteiger partial charge in [0.05, 0.1) is 15.6 Å². The predicted molar refractivity (Wildman–Crippen MR) is 137 cm³/mol. The van der Waals surface area contributed by atoms with Crippen molar-refractivity contribution in [2.45, 2.75) is 64.5 Å². The van der Waals surface area contributed by atoms with Crippen LogP contribution in [0.1, 0.15) is 72.3 Å². The van der Waals surface area contributed by atoms with Crippen molar-refractivity contribution >= 4 is 40.1 Å². The second-order valence-corrected chi connectivity index (χ2v) is 10.1. The van der Waals surface area contributed by atoms with E-state index in [4.69, 9.17) is 27.9 Å². The Kier molecular flexibility index (Phi) is 7.68. The first-order valence-electron chi connectivity index (χ1n) is 11.8. The van der Waals surface area contributed by atoms with Crippen molar-refractivity contribution in [1.29, 1.82) is 0 Å². The molecular weight excluding hydrogens is 455 g/mol. The molecule has 0 spiro atoms. The number of hydrogen-bond acceptors (Lipinski definition) is 3. The average Bonchev–Trinajstić information content (AvgIpc) is 3.14. The van der Waals surface area contributed by atoms with Gasteiger partial charge in [0.1, 0.15) is 6.10 Å². The number of carbonyl (C=O) groups excluding carboxylic acids is 1. The van der Waals surface area contributed by atoms with Crippen molar-refractivity contribution in [1.82, 2.24) is 9.88 Å². The maximum absolute atomic E-state index is 13.2. The molecule has 1 unspecified atom stereocenters. The minimum Gasteiger partial charge on any atom is -0.454 e. The van der Waals surface area contributed by atoms with E-state index in [1.54, 1.807) is 12.1 Å². The van der Waals surface area contributed by atoms with Crippen molar-refractivity contribution < 1.29 is 9.53 Å². The summed E-state index contributed by atoms with van der Waals surface area (Å²) in [4.78, 5) is 19.0. The standard InChI is InChI=1S/C27H32Cl2N2O2/c1-17-26(27(32)33-18(2)20-10-11-23(28)24(29)16-20)22-15-19(9-12-25(22)30-17)13-14-31(3)21-7-5-4-6-8-21/h9-12,15-16,18,21,30H,4-8,13-14H2,1-3H3. The van der Waals surface area contributed by atoms with Crippen molar-refractivity contribution in [2.24, 2.45) is 0 Å². The molecule has 0 amide bonds. The number of carbonyl (C=O) groups is 1. The van der Waals surface area contributed by atoms with Crippen molar-refractivity contribution in [3.8, 4) is 0 Å². The molecule has 33 heavy (non-hydrogen) atoms. The molecule has 1 heterocycles. The van der Waals surface area contributed by atoms with E-state index in [2.05, 4.69) is 35.1 Å². The summed E-state index contributed by atoms with van der Waals surface area (Å²) >= 11 is 12.2. The van der Waals surface area contributed by atoms with Crippen LogP contribution in [-0.2, 0) is 11.2 Å². The second-order valence-electron chi connectivity index (χ2n) is 9.25. The van der Waals surface area contributed by atoms with Crippen LogP contribution in [0.15, 0.2) is 36.4 Å². The van der Waals surface area contributed by atoms with Crippen LogP contribution in [0.5, 0.6) is 0 Å². The molecule has 0 bridgehead atoms. The Hall–Kier alpha value is -2.01. The van der Waals surface area contributed by atoms with Gasteiger partial charge >= 0.3 is 5.97 Å². The Labute approximate surface area is 206 Å². The Morgan fingerprint density at radius 1 is 1.12 bits per heavy atom. The minimum atomic E-state index is -0.441. The molecule has 1 N–H and O–H groups in total. The number of H-pyrrole nitrogens is 1. The van der Waals surface area contributed by atoms with Crippen LogP contribution >= 0.6 is 23.2 Å². The number of hydrogen-bond donors (Lipinski definition) is 1. The van der Waals surface area contributed by atoms with Gasteiger partial charge in [-0.05, 0) is 75.5 Å². The van der Waals surface area contributed by atoms with Gasteiger partial charge in [-0.1, -0.05) is 54.6 Å². The first kappa shape index (κ1) is 24.1. The van der Waals surface area contributed by atoms with E-state index in [-0.39, 0.29) is 5.97 Å². The molecule has 1 aromatic heterocycles. The highest BCUT2D eigenvalue weighted by Gasteiger charge is 2.22. The number of nitrogens with one attached hydrogen (secondary N) is 1. The molecular formula is C27H32Cl2N2O2. The topological polar surface area (TPSA) is 45.3 Å². The first-order chi connectivity index (χ1) is 15.8. The number of fused-ring (bicyclic) bond motifs is 1. The number of halogens is 2. The fraction of sp³-hybridized carbons (Fsp3) is 0.444. The molecule has 4 rings (SSSR count). The van der Waals surface area contributed by atoms with Gasteiger partial charge in [0.15, 0.2) is 0 Å². The highest BCUT2D eigenvalue weighted by atomic mass is 35.5. The zero-order valence-corrected chi connectivity index (χ0v) is 21.1. The van der Waals surface area contributed by atoms with Gasteiger partial charge in [-0.15, -0.1) is 0 Å². The van der Waals surface area contributed by atoms with E-state index in [9.17, 15) is 4.79 Å². The van der Waals surface area contributed by atoms with Crippen LogP contribution in [0.4, 0.5) is 0 Å². The largest absolute Gasteiger partial charge is 0.454 e. The van der Waals surface area contributed by atoms with E-state index >= 15 is 0 Å². The van der Waals surface area contributed by atoms with E-state index in [0.717, 1.165) is 35.1 Å². The van der Waals surface area contributed by atoms with Gasteiger partial charge in [0, 0.05) is 29.2 Å². The Morgan fingerprint density at radius 3 is 2.61 bits per heavy atom. The molecule has 2 aromatic carbocycles. The molecule has 176 valence electrons. The lowest BCUT2D eigenvalue weighted by atomic mass is 9.94. The van der Waals surface area contributed by atoms with Gasteiger partial charge in [-0.2, -0.15) is 0 Å². The average molecular weight is 487 g/mol. The summed E-state index contributed by atoms with van der Waals surface area (Å²) in [7, 11) is 2.24. The molecule has 0 radical (unpaired) electrons. The van der Waals surface area contributed by atoms with Crippen LogP contribution in [0, 0.1) is 6.92 Å². The maximum Gasteiger partial charge on any atom is 0.341 e. The third-order valence-corrected chi connectivity index (χ3v) is 7.64. The number of aromatic amines is 1. The van der Waals surface area contributed by atoms with E-state index < -0.39 is 6.10 Å². The Bertz CT molecular complexity index is 1130. The predicted octanol–water partition coefficient (Wildman–Crippen LogP) is 7.51. The zero-order valence-electron chi connectivity index (χ0n) is 19.6. The highest BCUT2D eigenvalue weighted by Crippen LogP contribution is 2.30. The number of aromatic nitrogens is 1. The number of benzene rings is 2. The van der Waals surface area contributed by atoms with E-state index in [1.165, 1.54) is 37.7 Å². The summed E-state index contributed by atoms with van der Waals surface area (Å²) < 4.78 is 5.81. The Morgan fingerprint density at radius 2 is 1.88 bits per heavy atom. The quantitative estimate of drug-likeness (QED) is 0.351. The number of aryl methyl sites for hydroxylation is 1.